The van der Waals surface area contributed by atoms with Gasteiger partial charge in [0.05, 0.1) is 18.7 Å². The van der Waals surface area contributed by atoms with E-state index in [9.17, 15) is 22.8 Å². The Labute approximate surface area is 159 Å². The maximum atomic E-state index is 14.1. The Morgan fingerprint density at radius 3 is 2.59 bits per heavy atom. The molecule has 0 bridgehead atoms. The van der Waals surface area contributed by atoms with E-state index >= 15 is 0 Å². The summed E-state index contributed by atoms with van der Waals surface area (Å²) in [6.45, 7) is 2.13. The Morgan fingerprint density at radius 2 is 2.00 bits per heavy atom. The van der Waals surface area contributed by atoms with Gasteiger partial charge in [-0.2, -0.15) is 13.2 Å². The van der Waals surface area contributed by atoms with Crippen LogP contribution in [0.15, 0.2) is 23.8 Å². The van der Waals surface area contributed by atoms with Gasteiger partial charge in [0.25, 0.3) is 5.60 Å². The molecule has 1 atom stereocenters. The van der Waals surface area contributed by atoms with Crippen LogP contribution < -0.4 is 10.1 Å². The summed E-state index contributed by atoms with van der Waals surface area (Å²) in [5.41, 5.74) is -3.60. The summed E-state index contributed by atoms with van der Waals surface area (Å²) in [4.78, 5) is 24.1. The third-order valence-electron chi connectivity index (χ3n) is 3.96. The fourth-order valence-corrected chi connectivity index (χ4v) is 2.83. The van der Waals surface area contributed by atoms with Crippen molar-refractivity contribution in [2.24, 2.45) is 0 Å². The van der Waals surface area contributed by atoms with Crippen LogP contribution in [-0.2, 0) is 14.3 Å². The number of fused-ring (bicyclic) bond motifs is 1. The zero-order valence-corrected chi connectivity index (χ0v) is 15.5. The Balaban J connectivity index is 2.56. The second-order valence-corrected chi connectivity index (χ2v) is 6.35. The Kier molecular flexibility index (Phi) is 6.41. The van der Waals surface area contributed by atoms with Crippen LogP contribution in [0, 0.1) is 0 Å². The van der Waals surface area contributed by atoms with Crippen molar-refractivity contribution in [2.45, 2.75) is 38.5 Å². The van der Waals surface area contributed by atoms with Crippen LogP contribution in [0.2, 0.25) is 5.02 Å². The molecule has 148 valence electrons. The van der Waals surface area contributed by atoms with Gasteiger partial charge in [-0.25, -0.2) is 4.79 Å². The summed E-state index contributed by atoms with van der Waals surface area (Å²) in [6.07, 6.45) is -3.43. The van der Waals surface area contributed by atoms with Crippen LogP contribution in [0.5, 0.6) is 5.75 Å². The molecule has 1 N–H and O–H groups in total. The highest BCUT2D eigenvalue weighted by molar-refractivity contribution is 6.30. The number of halogens is 4. The Bertz CT molecular complexity index is 763. The van der Waals surface area contributed by atoms with Crippen molar-refractivity contribution in [2.75, 3.05) is 13.2 Å². The minimum Gasteiger partial charge on any atom is -0.470 e. The SMILES string of the molecule is CCCC(=O)NCC1(C(F)(F)F)Oc2ccc(Cl)cc2C=C1C(=O)OCC. The predicted molar refractivity (Wildman–Crippen MR) is 93.4 cm³/mol. The van der Waals surface area contributed by atoms with Gasteiger partial charge in [-0.15, -0.1) is 0 Å². The summed E-state index contributed by atoms with van der Waals surface area (Å²) in [5, 5.41) is 2.48. The molecule has 1 unspecified atom stereocenters. The first-order chi connectivity index (χ1) is 12.6. The number of carbonyl (C=O) groups is 2. The number of benzene rings is 1. The number of hydrogen-bond acceptors (Lipinski definition) is 4. The molecule has 1 amide bonds. The number of carbonyl (C=O) groups excluding carboxylic acids is 2. The zero-order chi connectivity index (χ0) is 20.2. The van der Waals surface area contributed by atoms with Crippen molar-refractivity contribution in [3.8, 4) is 5.75 Å². The summed E-state index contributed by atoms with van der Waals surface area (Å²) in [7, 11) is 0. The monoisotopic (exact) mass is 405 g/mol. The van der Waals surface area contributed by atoms with Gasteiger partial charge in [-0.3, -0.25) is 4.79 Å². The van der Waals surface area contributed by atoms with Gasteiger partial charge in [-0.05, 0) is 37.6 Å². The standard InChI is InChI=1S/C18H19ClF3NO4/c1-3-5-15(24)23-10-17(18(20,21)22)13(16(25)26-4-2)9-11-8-12(19)6-7-14(11)27-17/h6-9H,3-5,10H2,1-2H3,(H,23,24). The molecule has 1 aromatic carbocycles. The van der Waals surface area contributed by atoms with Crippen LogP contribution in [0.1, 0.15) is 32.3 Å². The summed E-state index contributed by atoms with van der Waals surface area (Å²) >= 11 is 5.88. The summed E-state index contributed by atoms with van der Waals surface area (Å²) in [5.74, 6) is -1.85. The van der Waals surface area contributed by atoms with Crippen LogP contribution in [0.3, 0.4) is 0 Å². The van der Waals surface area contributed by atoms with Gasteiger partial charge in [0.2, 0.25) is 5.91 Å². The van der Waals surface area contributed by atoms with Crippen molar-refractivity contribution in [1.82, 2.24) is 5.32 Å². The van der Waals surface area contributed by atoms with Crippen LogP contribution >= 0.6 is 11.6 Å². The Hall–Kier alpha value is -2.22. The van der Waals surface area contributed by atoms with Crippen molar-refractivity contribution in [3.63, 3.8) is 0 Å². The molecule has 1 aliphatic rings. The molecular weight excluding hydrogens is 387 g/mol. The number of alkyl halides is 3. The molecule has 27 heavy (non-hydrogen) atoms. The molecule has 1 aliphatic heterocycles. The molecule has 0 radical (unpaired) electrons. The first-order valence-corrected chi connectivity index (χ1v) is 8.73. The predicted octanol–water partition coefficient (Wildman–Crippen LogP) is 3.90. The molecule has 0 aliphatic carbocycles. The maximum Gasteiger partial charge on any atom is 0.434 e. The second kappa shape index (κ2) is 8.21. The molecule has 5 nitrogen and oxygen atoms in total. The molecule has 0 aromatic heterocycles. The lowest BCUT2D eigenvalue weighted by Crippen LogP contribution is -2.61. The van der Waals surface area contributed by atoms with E-state index < -0.39 is 35.8 Å². The zero-order valence-electron chi connectivity index (χ0n) is 14.8. The minimum absolute atomic E-state index is 0.0542. The van der Waals surface area contributed by atoms with Gasteiger partial charge in [0.1, 0.15) is 5.75 Å². The molecule has 9 heteroatoms. The van der Waals surface area contributed by atoms with Gasteiger partial charge in [0.15, 0.2) is 0 Å². The van der Waals surface area contributed by atoms with E-state index in [1.165, 1.54) is 25.1 Å². The highest BCUT2D eigenvalue weighted by atomic mass is 35.5. The lowest BCUT2D eigenvalue weighted by Gasteiger charge is -2.39. The molecule has 2 rings (SSSR count). The molecule has 0 saturated carbocycles. The molecule has 0 fully saturated rings. The number of rotatable bonds is 6. The van der Waals surface area contributed by atoms with Crippen molar-refractivity contribution in [3.05, 3.63) is 34.4 Å². The summed E-state index contributed by atoms with van der Waals surface area (Å²) in [6, 6.07) is 4.04. The molecule has 1 aromatic rings. The average Bonchev–Trinajstić information content (AvgIpc) is 2.58. The number of esters is 1. The van der Waals surface area contributed by atoms with E-state index in [-0.39, 0.29) is 29.4 Å². The number of ether oxygens (including phenoxy) is 2. The largest absolute Gasteiger partial charge is 0.470 e. The third-order valence-corrected chi connectivity index (χ3v) is 4.19. The first-order valence-electron chi connectivity index (χ1n) is 8.36. The lowest BCUT2D eigenvalue weighted by molar-refractivity contribution is -0.233. The highest BCUT2D eigenvalue weighted by Gasteiger charge is 2.63. The summed E-state index contributed by atoms with van der Waals surface area (Å²) < 4.78 is 52.4. The van der Waals surface area contributed by atoms with Gasteiger partial charge < -0.3 is 14.8 Å². The van der Waals surface area contributed by atoms with Gasteiger partial charge in [0, 0.05) is 17.0 Å². The molecular formula is C18H19ClF3NO4. The van der Waals surface area contributed by atoms with Crippen molar-refractivity contribution >= 4 is 29.6 Å². The minimum atomic E-state index is -5.00. The van der Waals surface area contributed by atoms with E-state index in [4.69, 9.17) is 21.1 Å². The maximum absolute atomic E-state index is 14.1. The van der Waals surface area contributed by atoms with Crippen LogP contribution in [-0.4, -0.2) is 36.8 Å². The van der Waals surface area contributed by atoms with E-state index in [2.05, 4.69) is 5.32 Å². The average molecular weight is 406 g/mol. The topological polar surface area (TPSA) is 64.6 Å². The smallest absolute Gasteiger partial charge is 0.434 e. The lowest BCUT2D eigenvalue weighted by atomic mass is 9.87. The molecule has 0 spiro atoms. The highest BCUT2D eigenvalue weighted by Crippen LogP contribution is 2.46. The van der Waals surface area contributed by atoms with Crippen LogP contribution in [0.4, 0.5) is 13.2 Å². The van der Waals surface area contributed by atoms with Crippen molar-refractivity contribution in [1.29, 1.82) is 0 Å². The van der Waals surface area contributed by atoms with E-state index in [0.29, 0.717) is 6.42 Å². The first kappa shape index (κ1) is 21.1. The molecule has 1 heterocycles. The number of hydrogen-bond donors (Lipinski definition) is 1. The van der Waals surface area contributed by atoms with Crippen LogP contribution in [0.25, 0.3) is 6.08 Å². The van der Waals surface area contributed by atoms with Crippen molar-refractivity contribution < 1.29 is 32.2 Å². The fourth-order valence-electron chi connectivity index (χ4n) is 2.65. The third kappa shape index (κ3) is 4.37. The molecule has 0 saturated heterocycles. The number of nitrogens with one attached hydrogen (secondary N) is 1. The van der Waals surface area contributed by atoms with Gasteiger partial charge in [-0.1, -0.05) is 18.5 Å². The van der Waals surface area contributed by atoms with E-state index in [1.807, 2.05) is 0 Å². The number of amides is 1. The van der Waals surface area contributed by atoms with Gasteiger partial charge >= 0.3 is 12.1 Å². The second-order valence-electron chi connectivity index (χ2n) is 5.91. The Morgan fingerprint density at radius 1 is 1.30 bits per heavy atom. The normalized spacial score (nSPS) is 18.8. The van der Waals surface area contributed by atoms with E-state index in [0.717, 1.165) is 6.08 Å². The van der Waals surface area contributed by atoms with E-state index in [1.54, 1.807) is 6.92 Å². The fraction of sp³-hybridized carbons (Fsp3) is 0.444. The quantitative estimate of drug-likeness (QED) is 0.729.